The summed E-state index contributed by atoms with van der Waals surface area (Å²) < 4.78 is 23.6. The third-order valence-corrected chi connectivity index (χ3v) is 7.62. The second kappa shape index (κ2) is 15.3. The SMILES string of the molecule is CCCCCCOc1ccc(OCCOc2ccc(/C=C3/SC(=S)N(Cc4ccccc4)C3=O)cc2OC)cc1. The number of rotatable bonds is 15. The van der Waals surface area contributed by atoms with Crippen molar-refractivity contribution in [3.05, 3.63) is 88.8 Å². The van der Waals surface area contributed by atoms with E-state index >= 15 is 0 Å². The van der Waals surface area contributed by atoms with E-state index in [2.05, 4.69) is 6.92 Å². The summed E-state index contributed by atoms with van der Waals surface area (Å²) in [5.74, 6) is 2.69. The summed E-state index contributed by atoms with van der Waals surface area (Å²) in [7, 11) is 1.59. The fraction of sp³-hybridized carbons (Fsp3) is 0.312. The fourth-order valence-electron chi connectivity index (χ4n) is 4.11. The van der Waals surface area contributed by atoms with Crippen LogP contribution in [0.2, 0.25) is 0 Å². The predicted molar refractivity (Wildman–Crippen MR) is 165 cm³/mol. The topological polar surface area (TPSA) is 57.2 Å². The lowest BCUT2D eigenvalue weighted by molar-refractivity contribution is -0.122. The minimum Gasteiger partial charge on any atom is -0.494 e. The van der Waals surface area contributed by atoms with Crippen LogP contribution in [0, 0.1) is 0 Å². The molecule has 1 aliphatic rings. The van der Waals surface area contributed by atoms with E-state index in [1.54, 1.807) is 12.0 Å². The Morgan fingerprint density at radius 1 is 0.825 bits per heavy atom. The van der Waals surface area contributed by atoms with E-state index < -0.39 is 0 Å². The van der Waals surface area contributed by atoms with Crippen LogP contribution in [0.5, 0.6) is 23.0 Å². The molecule has 1 fully saturated rings. The van der Waals surface area contributed by atoms with Gasteiger partial charge in [-0.25, -0.2) is 0 Å². The summed E-state index contributed by atoms with van der Waals surface area (Å²) in [5, 5.41) is 0. The summed E-state index contributed by atoms with van der Waals surface area (Å²) in [6, 6.07) is 23.1. The number of thioether (sulfide) groups is 1. The largest absolute Gasteiger partial charge is 0.494 e. The molecule has 0 aromatic heterocycles. The van der Waals surface area contributed by atoms with Gasteiger partial charge in [0.2, 0.25) is 0 Å². The summed E-state index contributed by atoms with van der Waals surface area (Å²) in [5.41, 5.74) is 1.86. The van der Waals surface area contributed by atoms with Crippen LogP contribution in [0.25, 0.3) is 6.08 Å². The van der Waals surface area contributed by atoms with Gasteiger partial charge in [-0.15, -0.1) is 0 Å². The molecule has 210 valence electrons. The molecule has 8 heteroatoms. The minimum atomic E-state index is -0.0955. The smallest absolute Gasteiger partial charge is 0.266 e. The van der Waals surface area contributed by atoms with Crippen molar-refractivity contribution < 1.29 is 23.7 Å². The van der Waals surface area contributed by atoms with Gasteiger partial charge in [-0.1, -0.05) is 86.6 Å². The van der Waals surface area contributed by atoms with Gasteiger partial charge in [0.15, 0.2) is 11.5 Å². The molecular weight excluding hydrogens is 542 g/mol. The van der Waals surface area contributed by atoms with E-state index in [0.29, 0.717) is 40.5 Å². The molecule has 1 amide bonds. The Balaban J connectivity index is 1.26. The van der Waals surface area contributed by atoms with Crippen molar-refractivity contribution >= 4 is 40.3 Å². The quantitative estimate of drug-likeness (QED) is 0.105. The highest BCUT2D eigenvalue weighted by atomic mass is 32.2. The molecule has 3 aromatic carbocycles. The molecule has 1 heterocycles. The van der Waals surface area contributed by atoms with Gasteiger partial charge in [0.05, 0.1) is 25.2 Å². The molecule has 0 bridgehead atoms. The van der Waals surface area contributed by atoms with Crippen molar-refractivity contribution in [1.29, 1.82) is 0 Å². The van der Waals surface area contributed by atoms with E-state index in [0.717, 1.165) is 35.7 Å². The first-order valence-corrected chi connectivity index (χ1v) is 14.8. The number of carbonyl (C=O) groups is 1. The van der Waals surface area contributed by atoms with Crippen LogP contribution in [-0.4, -0.2) is 42.1 Å². The molecule has 0 N–H and O–H groups in total. The molecule has 0 unspecified atom stereocenters. The van der Waals surface area contributed by atoms with Crippen molar-refractivity contribution in [2.24, 2.45) is 0 Å². The van der Waals surface area contributed by atoms with Gasteiger partial charge in [-0.3, -0.25) is 9.69 Å². The highest BCUT2D eigenvalue weighted by Crippen LogP contribution is 2.35. The minimum absolute atomic E-state index is 0.0955. The Morgan fingerprint density at radius 3 is 2.23 bits per heavy atom. The Bertz CT molecular complexity index is 1290. The van der Waals surface area contributed by atoms with E-state index in [4.69, 9.17) is 31.2 Å². The van der Waals surface area contributed by atoms with Gasteiger partial charge < -0.3 is 18.9 Å². The van der Waals surface area contributed by atoms with Crippen LogP contribution in [0.1, 0.15) is 43.7 Å². The van der Waals surface area contributed by atoms with Crippen molar-refractivity contribution in [2.45, 2.75) is 39.2 Å². The first-order valence-electron chi connectivity index (χ1n) is 13.5. The fourth-order valence-corrected chi connectivity index (χ4v) is 5.36. The maximum Gasteiger partial charge on any atom is 0.266 e. The van der Waals surface area contributed by atoms with Gasteiger partial charge in [0.1, 0.15) is 29.0 Å². The van der Waals surface area contributed by atoms with Crippen LogP contribution in [0.15, 0.2) is 77.7 Å². The van der Waals surface area contributed by atoms with E-state index in [-0.39, 0.29) is 5.91 Å². The third kappa shape index (κ3) is 8.50. The number of benzene rings is 3. The van der Waals surface area contributed by atoms with Crippen LogP contribution in [0.3, 0.4) is 0 Å². The molecule has 0 radical (unpaired) electrons. The molecule has 1 aliphatic heterocycles. The Labute approximate surface area is 246 Å². The van der Waals surface area contributed by atoms with Crippen molar-refractivity contribution in [2.75, 3.05) is 26.9 Å². The van der Waals surface area contributed by atoms with E-state index in [1.807, 2.05) is 78.9 Å². The number of unbranched alkanes of at least 4 members (excludes halogenated alkanes) is 3. The van der Waals surface area contributed by atoms with Crippen molar-refractivity contribution in [1.82, 2.24) is 4.90 Å². The lowest BCUT2D eigenvalue weighted by atomic mass is 10.1. The normalized spacial score (nSPS) is 14.1. The number of hydrogen-bond donors (Lipinski definition) is 0. The molecule has 40 heavy (non-hydrogen) atoms. The van der Waals surface area contributed by atoms with E-state index in [9.17, 15) is 4.79 Å². The summed E-state index contributed by atoms with van der Waals surface area (Å²) in [6.45, 7) is 4.13. The predicted octanol–water partition coefficient (Wildman–Crippen LogP) is 7.51. The van der Waals surface area contributed by atoms with Crippen LogP contribution in [-0.2, 0) is 11.3 Å². The van der Waals surface area contributed by atoms with Gasteiger partial charge in [-0.05, 0) is 60.0 Å². The standard InChI is InChI=1S/C32H35NO5S2/c1-3-4-5-9-18-36-26-13-15-27(16-14-26)37-19-20-38-28-17-12-25(21-29(28)35-2)22-30-31(34)33(32(39)40-30)23-24-10-7-6-8-11-24/h6-8,10-17,21-22H,3-5,9,18-20,23H2,1-2H3/b30-22+. The molecule has 6 nitrogen and oxygen atoms in total. The molecule has 0 spiro atoms. The maximum atomic E-state index is 13.0. The third-order valence-electron chi connectivity index (χ3n) is 6.24. The molecule has 3 aromatic rings. The highest BCUT2D eigenvalue weighted by molar-refractivity contribution is 8.26. The van der Waals surface area contributed by atoms with Crippen LogP contribution in [0.4, 0.5) is 0 Å². The van der Waals surface area contributed by atoms with Gasteiger partial charge in [0.25, 0.3) is 5.91 Å². The van der Waals surface area contributed by atoms with Gasteiger partial charge >= 0.3 is 0 Å². The average Bonchev–Trinajstić information content (AvgIpc) is 3.24. The molecule has 0 aliphatic carbocycles. The summed E-state index contributed by atoms with van der Waals surface area (Å²) in [4.78, 5) is 15.2. The zero-order valence-electron chi connectivity index (χ0n) is 23.0. The summed E-state index contributed by atoms with van der Waals surface area (Å²) in [6.07, 6.45) is 6.57. The first kappa shape index (κ1) is 29.5. The van der Waals surface area contributed by atoms with Gasteiger partial charge in [0, 0.05) is 0 Å². The molecule has 4 rings (SSSR count). The zero-order chi connectivity index (χ0) is 28.2. The Morgan fingerprint density at radius 2 is 1.52 bits per heavy atom. The number of carbonyl (C=O) groups excluding carboxylic acids is 1. The Hall–Kier alpha value is -3.49. The molecular formula is C32H35NO5S2. The van der Waals surface area contributed by atoms with Crippen molar-refractivity contribution in [3.63, 3.8) is 0 Å². The lowest BCUT2D eigenvalue weighted by Gasteiger charge is -2.14. The monoisotopic (exact) mass is 577 g/mol. The molecule has 1 saturated heterocycles. The number of methoxy groups -OCH3 is 1. The molecule has 0 saturated carbocycles. The number of ether oxygens (including phenoxy) is 4. The lowest BCUT2D eigenvalue weighted by Crippen LogP contribution is -2.27. The van der Waals surface area contributed by atoms with Crippen LogP contribution >= 0.6 is 24.0 Å². The highest BCUT2D eigenvalue weighted by Gasteiger charge is 2.32. The Kier molecular flexibility index (Phi) is 11.3. The average molecular weight is 578 g/mol. The first-order chi connectivity index (χ1) is 19.6. The zero-order valence-corrected chi connectivity index (χ0v) is 24.6. The number of thiocarbonyl (C=S) groups is 1. The summed E-state index contributed by atoms with van der Waals surface area (Å²) >= 11 is 6.78. The maximum absolute atomic E-state index is 13.0. The molecule has 0 atom stereocenters. The van der Waals surface area contributed by atoms with Gasteiger partial charge in [-0.2, -0.15) is 0 Å². The van der Waals surface area contributed by atoms with E-state index in [1.165, 1.54) is 31.0 Å². The van der Waals surface area contributed by atoms with Crippen molar-refractivity contribution in [3.8, 4) is 23.0 Å². The number of amides is 1. The van der Waals surface area contributed by atoms with Crippen LogP contribution < -0.4 is 18.9 Å². The second-order valence-electron chi connectivity index (χ2n) is 9.24. The second-order valence-corrected chi connectivity index (χ2v) is 10.9. The number of hydrogen-bond acceptors (Lipinski definition) is 7. The number of nitrogens with zero attached hydrogens (tertiary/aromatic N) is 1.